The van der Waals surface area contributed by atoms with E-state index in [4.69, 9.17) is 4.74 Å². The van der Waals surface area contributed by atoms with Crippen molar-refractivity contribution in [1.29, 1.82) is 0 Å². The van der Waals surface area contributed by atoms with Gasteiger partial charge in [0.1, 0.15) is 11.4 Å². The maximum Gasteiger partial charge on any atom is 0.143 e. The van der Waals surface area contributed by atoms with Crippen LogP contribution in [-0.4, -0.2) is 12.4 Å². The minimum atomic E-state index is -0.750. The molecule has 5 aromatic rings. The molecule has 0 amide bonds. The fourth-order valence-corrected chi connectivity index (χ4v) is 5.02. The third-order valence-corrected chi connectivity index (χ3v) is 6.92. The van der Waals surface area contributed by atoms with Crippen molar-refractivity contribution >= 4 is 5.78 Å². The Bertz CT molecular complexity index is 1310. The number of carbonyl (C=O) groups excluding carboxylic acids is 1. The number of ether oxygens (including phenoxy) is 1. The molecular weight excluding hydrogens is 464 g/mol. The summed E-state index contributed by atoms with van der Waals surface area (Å²) in [7, 11) is 0. The molecule has 0 aliphatic carbocycles. The second-order valence-corrected chi connectivity index (χ2v) is 9.51. The van der Waals surface area contributed by atoms with Crippen LogP contribution in [-0.2, 0) is 21.6 Å². The second-order valence-electron chi connectivity index (χ2n) is 9.51. The number of rotatable bonds is 11. The van der Waals surface area contributed by atoms with E-state index >= 15 is 0 Å². The zero-order valence-electron chi connectivity index (χ0n) is 21.5. The van der Waals surface area contributed by atoms with Gasteiger partial charge in [-0.15, -0.1) is 0 Å². The topological polar surface area (TPSA) is 26.3 Å². The van der Waals surface area contributed by atoms with E-state index < -0.39 is 5.60 Å². The standard InChI is InChI=1S/C36H32O2/c37-35(28-29-23-25-31(26-24-29)30-14-5-1-6-15-30)22-13-27-38-36(32-16-7-2-8-17-32,33-18-9-3-10-19-33)34-20-11-4-12-21-34/h1-12,14-21,23-26H,13,22,27-28H2. The Balaban J connectivity index is 1.28. The van der Waals surface area contributed by atoms with E-state index in [1.54, 1.807) is 0 Å². The molecule has 0 aliphatic rings. The van der Waals surface area contributed by atoms with Crippen molar-refractivity contribution in [3.8, 4) is 11.1 Å². The number of hydrogen-bond donors (Lipinski definition) is 0. The molecule has 0 bridgehead atoms. The highest BCUT2D eigenvalue weighted by Gasteiger charge is 2.37. The Morgan fingerprint density at radius 2 is 0.947 bits per heavy atom. The van der Waals surface area contributed by atoms with Crippen molar-refractivity contribution in [2.75, 3.05) is 6.61 Å². The Morgan fingerprint density at radius 3 is 1.42 bits per heavy atom. The Labute approximate surface area is 225 Å². The fourth-order valence-electron chi connectivity index (χ4n) is 5.02. The first-order valence-corrected chi connectivity index (χ1v) is 13.2. The van der Waals surface area contributed by atoms with Crippen LogP contribution < -0.4 is 0 Å². The van der Waals surface area contributed by atoms with Gasteiger partial charge in [-0.1, -0.05) is 146 Å². The van der Waals surface area contributed by atoms with Crippen LogP contribution in [0.1, 0.15) is 35.1 Å². The molecule has 0 saturated carbocycles. The molecule has 0 spiro atoms. The van der Waals surface area contributed by atoms with E-state index in [-0.39, 0.29) is 5.78 Å². The molecule has 0 heterocycles. The van der Waals surface area contributed by atoms with Gasteiger partial charge in [0.15, 0.2) is 0 Å². The van der Waals surface area contributed by atoms with Crippen molar-refractivity contribution in [3.63, 3.8) is 0 Å². The Morgan fingerprint density at radius 1 is 0.526 bits per heavy atom. The van der Waals surface area contributed by atoms with E-state index in [9.17, 15) is 4.79 Å². The molecule has 0 fully saturated rings. The first-order valence-electron chi connectivity index (χ1n) is 13.2. The summed E-state index contributed by atoms with van der Waals surface area (Å²) in [6.45, 7) is 0.470. The third-order valence-electron chi connectivity index (χ3n) is 6.92. The van der Waals surface area contributed by atoms with Crippen LogP contribution in [0.4, 0.5) is 0 Å². The Hall–Kier alpha value is -4.27. The van der Waals surface area contributed by atoms with Gasteiger partial charge in [0.25, 0.3) is 0 Å². The summed E-state index contributed by atoms with van der Waals surface area (Å²) in [4.78, 5) is 12.8. The summed E-state index contributed by atoms with van der Waals surface area (Å²) in [5.41, 5.74) is 5.85. The van der Waals surface area contributed by atoms with E-state index in [0.29, 0.717) is 25.9 Å². The van der Waals surface area contributed by atoms with Gasteiger partial charge in [-0.25, -0.2) is 0 Å². The lowest BCUT2D eigenvalue weighted by atomic mass is 9.80. The zero-order valence-corrected chi connectivity index (χ0v) is 21.5. The van der Waals surface area contributed by atoms with Gasteiger partial charge in [0.05, 0.1) is 0 Å². The number of ketones is 1. The van der Waals surface area contributed by atoms with Gasteiger partial charge < -0.3 is 4.74 Å². The molecular formula is C36H32O2. The molecule has 0 saturated heterocycles. The minimum Gasteiger partial charge on any atom is -0.361 e. The summed E-state index contributed by atoms with van der Waals surface area (Å²) in [5.74, 6) is 0.228. The quantitative estimate of drug-likeness (QED) is 0.136. The van der Waals surface area contributed by atoms with Gasteiger partial charge in [-0.05, 0) is 39.8 Å². The highest BCUT2D eigenvalue weighted by atomic mass is 16.5. The monoisotopic (exact) mass is 496 g/mol. The molecule has 0 unspecified atom stereocenters. The van der Waals surface area contributed by atoms with Crippen LogP contribution >= 0.6 is 0 Å². The molecule has 0 radical (unpaired) electrons. The average molecular weight is 497 g/mol. The van der Waals surface area contributed by atoms with E-state index in [0.717, 1.165) is 27.8 Å². The van der Waals surface area contributed by atoms with Crippen LogP contribution in [0, 0.1) is 0 Å². The van der Waals surface area contributed by atoms with Crippen molar-refractivity contribution in [1.82, 2.24) is 0 Å². The van der Waals surface area contributed by atoms with Crippen molar-refractivity contribution in [2.24, 2.45) is 0 Å². The third kappa shape index (κ3) is 5.82. The van der Waals surface area contributed by atoms with Crippen LogP contribution in [0.15, 0.2) is 146 Å². The first-order chi connectivity index (χ1) is 18.8. The van der Waals surface area contributed by atoms with E-state index in [1.165, 1.54) is 5.56 Å². The molecule has 0 atom stereocenters. The van der Waals surface area contributed by atoms with Gasteiger partial charge >= 0.3 is 0 Å². The number of Topliss-reactive ketones (excluding diaryl/α,β-unsaturated/α-hetero) is 1. The fraction of sp³-hybridized carbons (Fsp3) is 0.139. The summed E-state index contributed by atoms with van der Waals surface area (Å²) in [6.07, 6.45) is 1.58. The Kier molecular flexibility index (Phi) is 8.23. The SMILES string of the molecule is O=C(CCCOC(c1ccccc1)(c1ccccc1)c1ccccc1)Cc1ccc(-c2ccccc2)cc1. The second kappa shape index (κ2) is 12.3. The smallest absolute Gasteiger partial charge is 0.143 e. The molecule has 5 aromatic carbocycles. The maximum absolute atomic E-state index is 12.8. The molecule has 188 valence electrons. The highest BCUT2D eigenvalue weighted by Crippen LogP contribution is 2.40. The predicted octanol–water partition coefficient (Wildman–Crippen LogP) is 8.25. The van der Waals surface area contributed by atoms with Gasteiger partial charge in [-0.2, -0.15) is 0 Å². The van der Waals surface area contributed by atoms with Crippen molar-refractivity contribution < 1.29 is 9.53 Å². The maximum atomic E-state index is 12.8. The molecule has 0 N–H and O–H groups in total. The van der Waals surface area contributed by atoms with Gasteiger partial charge in [0.2, 0.25) is 0 Å². The molecule has 0 aliphatic heterocycles. The number of carbonyl (C=O) groups is 1. The van der Waals surface area contributed by atoms with Gasteiger partial charge in [0, 0.05) is 19.4 Å². The van der Waals surface area contributed by atoms with Crippen LogP contribution in [0.25, 0.3) is 11.1 Å². The van der Waals surface area contributed by atoms with Crippen molar-refractivity contribution in [2.45, 2.75) is 24.9 Å². The number of benzene rings is 5. The highest BCUT2D eigenvalue weighted by molar-refractivity contribution is 5.81. The number of hydrogen-bond acceptors (Lipinski definition) is 2. The van der Waals surface area contributed by atoms with Crippen LogP contribution in [0.3, 0.4) is 0 Å². The van der Waals surface area contributed by atoms with E-state index in [1.807, 2.05) is 72.8 Å². The molecule has 0 aromatic heterocycles. The van der Waals surface area contributed by atoms with Crippen LogP contribution in [0.5, 0.6) is 0 Å². The average Bonchev–Trinajstić information content (AvgIpc) is 2.99. The summed E-state index contributed by atoms with van der Waals surface area (Å²) < 4.78 is 6.80. The predicted molar refractivity (Wildman–Crippen MR) is 155 cm³/mol. The molecule has 5 rings (SSSR count). The van der Waals surface area contributed by atoms with E-state index in [2.05, 4.69) is 72.8 Å². The largest absolute Gasteiger partial charge is 0.361 e. The lowest BCUT2D eigenvalue weighted by Gasteiger charge is -2.36. The normalized spacial score (nSPS) is 11.3. The molecule has 38 heavy (non-hydrogen) atoms. The minimum absolute atomic E-state index is 0.228. The lowest BCUT2D eigenvalue weighted by Crippen LogP contribution is -2.33. The summed E-state index contributed by atoms with van der Waals surface area (Å²) >= 11 is 0. The summed E-state index contributed by atoms with van der Waals surface area (Å²) in [6, 6.07) is 49.6. The lowest BCUT2D eigenvalue weighted by molar-refractivity contribution is -0.119. The van der Waals surface area contributed by atoms with Crippen LogP contribution in [0.2, 0.25) is 0 Å². The van der Waals surface area contributed by atoms with Gasteiger partial charge in [-0.3, -0.25) is 4.79 Å². The molecule has 2 heteroatoms. The summed E-state index contributed by atoms with van der Waals surface area (Å²) in [5, 5.41) is 0. The van der Waals surface area contributed by atoms with Crippen molar-refractivity contribution in [3.05, 3.63) is 168 Å². The molecule has 2 nitrogen and oxygen atoms in total. The first kappa shape index (κ1) is 25.4. The zero-order chi connectivity index (χ0) is 26.0.